The quantitative estimate of drug-likeness (QED) is 0.549. The molecule has 5 heteroatoms. The van der Waals surface area contributed by atoms with Crippen molar-refractivity contribution in [3.05, 3.63) is 44.7 Å². The normalized spacial score (nSPS) is 14.9. The van der Waals surface area contributed by atoms with Gasteiger partial charge in [-0.15, -0.1) is 0 Å². The van der Waals surface area contributed by atoms with Crippen LogP contribution in [0.3, 0.4) is 0 Å². The predicted octanol–water partition coefficient (Wildman–Crippen LogP) is 5.55. The summed E-state index contributed by atoms with van der Waals surface area (Å²) in [7, 11) is 0. The topological polar surface area (TPSA) is 33.4 Å². The van der Waals surface area contributed by atoms with Gasteiger partial charge in [0.1, 0.15) is 5.82 Å². The summed E-state index contributed by atoms with van der Waals surface area (Å²) in [5.74, 6) is 1.24. The molecular formula is C22H27BrN4. The van der Waals surface area contributed by atoms with E-state index < -0.39 is 0 Å². The van der Waals surface area contributed by atoms with Crippen LogP contribution in [0.4, 0.5) is 5.82 Å². The molecule has 0 spiro atoms. The standard InChI is InChI=1S/C22H27BrN4/c1-7-14(4)26-9-8-17-15(5)24-21-20(16(6)25-27(21)22(17)26)19-13(3)10-12(2)11-18(19)23/h10-11,14H,7-9H2,1-6H3. The highest BCUT2D eigenvalue weighted by Gasteiger charge is 2.30. The maximum atomic E-state index is 5.02. The molecule has 0 bridgehead atoms. The highest BCUT2D eigenvalue weighted by atomic mass is 79.9. The number of nitrogens with zero attached hydrogens (tertiary/aromatic N) is 4. The minimum atomic E-state index is 0.497. The molecule has 0 saturated heterocycles. The first kappa shape index (κ1) is 18.5. The molecule has 1 unspecified atom stereocenters. The molecule has 4 nitrogen and oxygen atoms in total. The second-order valence-electron chi connectivity index (χ2n) is 7.83. The summed E-state index contributed by atoms with van der Waals surface area (Å²) < 4.78 is 3.20. The third kappa shape index (κ3) is 2.78. The van der Waals surface area contributed by atoms with Crippen LogP contribution in [0.15, 0.2) is 16.6 Å². The molecule has 1 atom stereocenters. The molecule has 4 rings (SSSR count). The summed E-state index contributed by atoms with van der Waals surface area (Å²) >= 11 is 3.79. The molecular weight excluding hydrogens is 400 g/mol. The summed E-state index contributed by atoms with van der Waals surface area (Å²) in [4.78, 5) is 7.53. The van der Waals surface area contributed by atoms with Crippen molar-refractivity contribution in [1.82, 2.24) is 14.6 Å². The van der Waals surface area contributed by atoms with Crippen molar-refractivity contribution in [3.8, 4) is 11.1 Å². The number of aromatic nitrogens is 3. The van der Waals surface area contributed by atoms with Crippen molar-refractivity contribution >= 4 is 27.4 Å². The Morgan fingerprint density at radius 1 is 1.11 bits per heavy atom. The van der Waals surface area contributed by atoms with E-state index in [-0.39, 0.29) is 0 Å². The smallest absolute Gasteiger partial charge is 0.165 e. The van der Waals surface area contributed by atoms with Crippen LogP contribution in [0.1, 0.15) is 48.3 Å². The van der Waals surface area contributed by atoms with E-state index in [0.717, 1.165) is 46.5 Å². The molecule has 0 aliphatic carbocycles. The van der Waals surface area contributed by atoms with Crippen molar-refractivity contribution in [3.63, 3.8) is 0 Å². The van der Waals surface area contributed by atoms with Crippen LogP contribution < -0.4 is 4.90 Å². The van der Waals surface area contributed by atoms with Gasteiger partial charge in [0.2, 0.25) is 0 Å². The van der Waals surface area contributed by atoms with Crippen molar-refractivity contribution < 1.29 is 0 Å². The summed E-state index contributed by atoms with van der Waals surface area (Å²) in [6, 6.07) is 4.91. The van der Waals surface area contributed by atoms with Crippen LogP contribution in [0.2, 0.25) is 0 Å². The largest absolute Gasteiger partial charge is 0.353 e. The number of rotatable bonds is 3. The first-order valence-electron chi connectivity index (χ1n) is 9.76. The zero-order valence-corrected chi connectivity index (χ0v) is 18.6. The summed E-state index contributed by atoms with van der Waals surface area (Å²) in [6.45, 7) is 14.1. The number of aryl methyl sites for hydroxylation is 4. The van der Waals surface area contributed by atoms with Crippen LogP contribution in [-0.2, 0) is 6.42 Å². The Balaban J connectivity index is 2.04. The average molecular weight is 427 g/mol. The van der Waals surface area contributed by atoms with E-state index in [1.165, 1.54) is 28.1 Å². The molecule has 142 valence electrons. The minimum Gasteiger partial charge on any atom is -0.353 e. The summed E-state index contributed by atoms with van der Waals surface area (Å²) in [5.41, 5.74) is 9.31. The lowest BCUT2D eigenvalue weighted by molar-refractivity contribution is 0.623. The van der Waals surface area contributed by atoms with Gasteiger partial charge in [-0.05, 0) is 64.7 Å². The molecule has 0 fully saturated rings. The zero-order valence-electron chi connectivity index (χ0n) is 17.0. The van der Waals surface area contributed by atoms with Gasteiger partial charge in [0.15, 0.2) is 5.65 Å². The van der Waals surface area contributed by atoms with E-state index in [2.05, 4.69) is 79.0 Å². The third-order valence-corrected chi connectivity index (χ3v) is 6.52. The number of benzene rings is 1. The van der Waals surface area contributed by atoms with Gasteiger partial charge in [0, 0.05) is 33.9 Å². The number of hydrogen-bond acceptors (Lipinski definition) is 3. The highest BCUT2D eigenvalue weighted by molar-refractivity contribution is 9.10. The van der Waals surface area contributed by atoms with E-state index in [1.54, 1.807) is 0 Å². The maximum absolute atomic E-state index is 5.02. The molecule has 2 aromatic heterocycles. The van der Waals surface area contributed by atoms with Gasteiger partial charge >= 0.3 is 0 Å². The van der Waals surface area contributed by atoms with E-state index in [4.69, 9.17) is 10.1 Å². The molecule has 0 N–H and O–H groups in total. The molecule has 1 aliphatic rings. The number of halogens is 1. The average Bonchev–Trinajstić information content (AvgIpc) is 3.17. The molecule has 3 heterocycles. The molecule has 3 aromatic rings. The molecule has 0 radical (unpaired) electrons. The van der Waals surface area contributed by atoms with Crippen molar-refractivity contribution in [2.75, 3.05) is 11.4 Å². The van der Waals surface area contributed by atoms with Gasteiger partial charge in [0.05, 0.1) is 11.3 Å². The van der Waals surface area contributed by atoms with E-state index in [0.29, 0.717) is 6.04 Å². The summed E-state index contributed by atoms with van der Waals surface area (Å²) in [5, 5.41) is 4.97. The van der Waals surface area contributed by atoms with Crippen LogP contribution in [-0.4, -0.2) is 27.2 Å². The van der Waals surface area contributed by atoms with Crippen LogP contribution in [0.5, 0.6) is 0 Å². The van der Waals surface area contributed by atoms with E-state index in [9.17, 15) is 0 Å². The van der Waals surface area contributed by atoms with Crippen molar-refractivity contribution in [2.45, 2.75) is 60.4 Å². The fourth-order valence-corrected chi connectivity index (χ4v) is 5.25. The number of fused-ring (bicyclic) bond motifs is 3. The third-order valence-electron chi connectivity index (χ3n) is 5.90. The highest BCUT2D eigenvalue weighted by Crippen LogP contribution is 2.40. The first-order valence-corrected chi connectivity index (χ1v) is 10.5. The lowest BCUT2D eigenvalue weighted by atomic mass is 9.99. The molecule has 0 amide bonds. The van der Waals surface area contributed by atoms with Gasteiger partial charge in [-0.3, -0.25) is 0 Å². The maximum Gasteiger partial charge on any atom is 0.165 e. The number of hydrogen-bond donors (Lipinski definition) is 0. The van der Waals surface area contributed by atoms with Gasteiger partial charge in [0.25, 0.3) is 0 Å². The molecule has 27 heavy (non-hydrogen) atoms. The fourth-order valence-electron chi connectivity index (χ4n) is 4.38. The van der Waals surface area contributed by atoms with E-state index >= 15 is 0 Å². The lowest BCUT2D eigenvalue weighted by Crippen LogP contribution is -2.32. The second kappa shape index (κ2) is 6.62. The Kier molecular flexibility index (Phi) is 4.53. The van der Waals surface area contributed by atoms with Crippen LogP contribution in [0, 0.1) is 27.7 Å². The lowest BCUT2D eigenvalue weighted by Gasteiger charge is -2.26. The Bertz CT molecular complexity index is 1030. The summed E-state index contributed by atoms with van der Waals surface area (Å²) in [6.07, 6.45) is 2.17. The van der Waals surface area contributed by atoms with Crippen LogP contribution >= 0.6 is 15.9 Å². The first-order chi connectivity index (χ1) is 12.8. The van der Waals surface area contributed by atoms with Gasteiger partial charge in [-0.1, -0.05) is 28.9 Å². The predicted molar refractivity (Wildman–Crippen MR) is 116 cm³/mol. The molecule has 1 aromatic carbocycles. The fraction of sp³-hybridized carbons (Fsp3) is 0.455. The Labute approximate surface area is 169 Å². The van der Waals surface area contributed by atoms with Crippen molar-refractivity contribution in [1.29, 1.82) is 0 Å². The van der Waals surface area contributed by atoms with Crippen LogP contribution in [0.25, 0.3) is 16.8 Å². The van der Waals surface area contributed by atoms with E-state index in [1.807, 2.05) is 0 Å². The Morgan fingerprint density at radius 3 is 2.52 bits per heavy atom. The van der Waals surface area contributed by atoms with Gasteiger partial charge in [-0.25, -0.2) is 4.98 Å². The molecule has 1 aliphatic heterocycles. The molecule has 0 saturated carbocycles. The van der Waals surface area contributed by atoms with Gasteiger partial charge < -0.3 is 4.90 Å². The second-order valence-corrected chi connectivity index (χ2v) is 8.69. The van der Waals surface area contributed by atoms with Gasteiger partial charge in [-0.2, -0.15) is 9.61 Å². The minimum absolute atomic E-state index is 0.497. The zero-order chi connectivity index (χ0) is 19.5. The monoisotopic (exact) mass is 426 g/mol. The van der Waals surface area contributed by atoms with Crippen molar-refractivity contribution in [2.24, 2.45) is 0 Å². The Morgan fingerprint density at radius 2 is 1.85 bits per heavy atom. The Hall–Kier alpha value is -1.88. The SMILES string of the molecule is CCC(C)N1CCc2c(C)nc3c(-c4c(C)cc(C)cc4Br)c(C)nn3c21. The number of anilines is 1.